The van der Waals surface area contributed by atoms with Crippen molar-refractivity contribution in [2.45, 2.75) is 11.8 Å². The second-order valence-corrected chi connectivity index (χ2v) is 4.15. The van der Waals surface area contributed by atoms with Crippen LogP contribution >= 0.6 is 0 Å². The van der Waals surface area contributed by atoms with Crippen LogP contribution in [0, 0.1) is 6.92 Å². The van der Waals surface area contributed by atoms with Crippen LogP contribution in [0.4, 0.5) is 0 Å². The summed E-state index contributed by atoms with van der Waals surface area (Å²) in [5.74, 6) is -1.14. The van der Waals surface area contributed by atoms with E-state index in [2.05, 4.69) is 0 Å². The molecule has 76 valence electrons. The van der Waals surface area contributed by atoms with Crippen LogP contribution in [0.1, 0.15) is 15.9 Å². The first-order chi connectivity index (χ1) is 6.32. The first-order valence-corrected chi connectivity index (χ1v) is 5.08. The molecule has 0 saturated carbocycles. The van der Waals surface area contributed by atoms with Crippen LogP contribution in [0.5, 0.6) is 0 Å². The van der Waals surface area contributed by atoms with Crippen LogP contribution in [0.15, 0.2) is 23.1 Å². The minimum Gasteiger partial charge on any atom is -0.478 e. The standard InChI is InChI=1S/C8H8O5S/c1-5-4-6(8(9)10)2-3-7(5)14(11,12)13/h2-4H,1H3,(H,9,10)(H,11,12,13). The van der Waals surface area contributed by atoms with Gasteiger partial charge in [-0.2, -0.15) is 8.42 Å². The average molecular weight is 216 g/mol. The van der Waals surface area contributed by atoms with Crippen molar-refractivity contribution in [3.63, 3.8) is 0 Å². The first kappa shape index (κ1) is 10.7. The molecule has 2 N–H and O–H groups in total. The van der Waals surface area contributed by atoms with Crippen molar-refractivity contribution in [3.8, 4) is 0 Å². The molecule has 1 aromatic rings. The molecule has 0 bridgehead atoms. The molecule has 0 heterocycles. The molecule has 0 atom stereocenters. The molecule has 0 amide bonds. The largest absolute Gasteiger partial charge is 0.478 e. The summed E-state index contributed by atoms with van der Waals surface area (Å²) in [7, 11) is -4.27. The van der Waals surface area contributed by atoms with Crippen molar-refractivity contribution in [3.05, 3.63) is 29.3 Å². The van der Waals surface area contributed by atoms with E-state index >= 15 is 0 Å². The third-order valence-corrected chi connectivity index (χ3v) is 2.71. The van der Waals surface area contributed by atoms with E-state index in [0.29, 0.717) is 0 Å². The maximum absolute atomic E-state index is 10.7. The molecule has 0 aliphatic heterocycles. The number of hydrogen-bond donors (Lipinski definition) is 2. The van der Waals surface area contributed by atoms with Crippen molar-refractivity contribution in [1.29, 1.82) is 0 Å². The number of carboxylic acids is 1. The van der Waals surface area contributed by atoms with Crippen LogP contribution in [0.2, 0.25) is 0 Å². The van der Waals surface area contributed by atoms with Gasteiger partial charge in [0, 0.05) is 0 Å². The highest BCUT2D eigenvalue weighted by molar-refractivity contribution is 7.85. The van der Waals surface area contributed by atoms with E-state index in [4.69, 9.17) is 9.66 Å². The van der Waals surface area contributed by atoms with Gasteiger partial charge in [-0.25, -0.2) is 4.79 Å². The Morgan fingerprint density at radius 3 is 2.29 bits per heavy atom. The van der Waals surface area contributed by atoms with E-state index in [9.17, 15) is 13.2 Å². The van der Waals surface area contributed by atoms with Gasteiger partial charge in [0.15, 0.2) is 0 Å². The van der Waals surface area contributed by atoms with Crippen LogP contribution in [0.25, 0.3) is 0 Å². The summed E-state index contributed by atoms with van der Waals surface area (Å²) in [4.78, 5) is 10.2. The molecule has 0 aromatic heterocycles. The number of hydrogen-bond acceptors (Lipinski definition) is 3. The summed E-state index contributed by atoms with van der Waals surface area (Å²) in [6, 6.07) is 3.37. The molecule has 14 heavy (non-hydrogen) atoms. The van der Waals surface area contributed by atoms with Crippen molar-refractivity contribution in [1.82, 2.24) is 0 Å². The summed E-state index contributed by atoms with van der Waals surface area (Å²) in [5.41, 5.74) is 0.183. The van der Waals surface area contributed by atoms with Gasteiger partial charge in [0.05, 0.1) is 10.5 Å². The molecule has 5 nitrogen and oxygen atoms in total. The van der Waals surface area contributed by atoms with Gasteiger partial charge >= 0.3 is 5.97 Å². The predicted octanol–water partition coefficient (Wildman–Crippen LogP) is 0.940. The fourth-order valence-corrected chi connectivity index (χ4v) is 1.78. The summed E-state index contributed by atoms with van der Waals surface area (Å²) in [5, 5.41) is 8.59. The van der Waals surface area contributed by atoms with Gasteiger partial charge in [-0.1, -0.05) is 0 Å². The molecule has 0 aliphatic rings. The van der Waals surface area contributed by atoms with E-state index in [1.807, 2.05) is 0 Å². The van der Waals surface area contributed by atoms with Crippen molar-refractivity contribution in [2.24, 2.45) is 0 Å². The lowest BCUT2D eigenvalue weighted by Gasteiger charge is -2.02. The Kier molecular flexibility index (Phi) is 2.59. The lowest BCUT2D eigenvalue weighted by atomic mass is 10.1. The van der Waals surface area contributed by atoms with Gasteiger partial charge in [-0.15, -0.1) is 0 Å². The summed E-state index contributed by atoms with van der Waals surface area (Å²) in [6.45, 7) is 1.41. The summed E-state index contributed by atoms with van der Waals surface area (Å²) < 4.78 is 30.2. The van der Waals surface area contributed by atoms with E-state index in [0.717, 1.165) is 12.1 Å². The highest BCUT2D eigenvalue weighted by Crippen LogP contribution is 2.16. The smallest absolute Gasteiger partial charge is 0.335 e. The van der Waals surface area contributed by atoms with Gasteiger partial charge in [-0.05, 0) is 30.7 Å². The maximum Gasteiger partial charge on any atom is 0.335 e. The van der Waals surface area contributed by atoms with Gasteiger partial charge in [-0.3, -0.25) is 4.55 Å². The molecular weight excluding hydrogens is 208 g/mol. The Bertz CT molecular complexity index is 475. The fourth-order valence-electron chi connectivity index (χ4n) is 1.07. The molecule has 1 aromatic carbocycles. The van der Waals surface area contributed by atoms with Crippen molar-refractivity contribution in [2.75, 3.05) is 0 Å². The number of aromatic carboxylic acids is 1. The van der Waals surface area contributed by atoms with Crippen molar-refractivity contribution >= 4 is 16.1 Å². The van der Waals surface area contributed by atoms with E-state index in [-0.39, 0.29) is 16.0 Å². The zero-order valence-electron chi connectivity index (χ0n) is 7.26. The monoisotopic (exact) mass is 216 g/mol. The minimum atomic E-state index is -4.27. The average Bonchev–Trinajstić information content (AvgIpc) is 2.01. The minimum absolute atomic E-state index is 0.0186. The Morgan fingerprint density at radius 1 is 1.36 bits per heavy atom. The third-order valence-electron chi connectivity index (χ3n) is 1.70. The lowest BCUT2D eigenvalue weighted by Crippen LogP contribution is -2.03. The Hall–Kier alpha value is -1.40. The summed E-state index contributed by atoms with van der Waals surface area (Å²) in [6.07, 6.45) is 0. The molecule has 0 fully saturated rings. The lowest BCUT2D eigenvalue weighted by molar-refractivity contribution is 0.0696. The molecule has 0 unspecified atom stereocenters. The van der Waals surface area contributed by atoms with Crippen LogP contribution in [-0.4, -0.2) is 24.0 Å². The quantitative estimate of drug-likeness (QED) is 0.718. The number of benzene rings is 1. The second kappa shape index (κ2) is 3.39. The molecular formula is C8H8O5S. The van der Waals surface area contributed by atoms with E-state index in [1.54, 1.807) is 0 Å². The molecule has 0 spiro atoms. The number of carboxylic acid groups (broad SMARTS) is 1. The number of carbonyl (C=O) groups is 1. The number of aryl methyl sites for hydroxylation is 1. The van der Waals surface area contributed by atoms with Crippen molar-refractivity contribution < 1.29 is 22.9 Å². The first-order valence-electron chi connectivity index (χ1n) is 3.64. The fraction of sp³-hybridized carbons (Fsp3) is 0.125. The van der Waals surface area contributed by atoms with E-state index < -0.39 is 16.1 Å². The Labute approximate surface area is 80.7 Å². The van der Waals surface area contributed by atoms with Gasteiger partial charge in [0.1, 0.15) is 0 Å². The molecule has 6 heteroatoms. The highest BCUT2D eigenvalue weighted by atomic mass is 32.2. The predicted molar refractivity (Wildman–Crippen MR) is 48.0 cm³/mol. The normalized spacial score (nSPS) is 11.3. The van der Waals surface area contributed by atoms with Gasteiger partial charge in [0.2, 0.25) is 0 Å². The highest BCUT2D eigenvalue weighted by Gasteiger charge is 2.14. The van der Waals surface area contributed by atoms with E-state index in [1.165, 1.54) is 13.0 Å². The summed E-state index contributed by atoms with van der Waals surface area (Å²) >= 11 is 0. The third kappa shape index (κ3) is 2.09. The zero-order valence-corrected chi connectivity index (χ0v) is 8.08. The molecule has 0 saturated heterocycles. The van der Waals surface area contributed by atoms with Gasteiger partial charge in [0.25, 0.3) is 10.1 Å². The maximum atomic E-state index is 10.7. The Balaban J connectivity index is 3.35. The number of rotatable bonds is 2. The SMILES string of the molecule is Cc1cc(C(=O)O)ccc1S(=O)(=O)O. The van der Waals surface area contributed by atoms with Crippen LogP contribution in [0.3, 0.4) is 0 Å². The topological polar surface area (TPSA) is 91.7 Å². The second-order valence-electron chi connectivity index (χ2n) is 2.76. The van der Waals surface area contributed by atoms with Crippen LogP contribution in [-0.2, 0) is 10.1 Å². The molecule has 0 aliphatic carbocycles. The Morgan fingerprint density at radius 2 is 1.93 bits per heavy atom. The van der Waals surface area contributed by atoms with Gasteiger partial charge < -0.3 is 5.11 Å². The zero-order chi connectivity index (χ0) is 10.9. The van der Waals surface area contributed by atoms with Crippen LogP contribution < -0.4 is 0 Å². The molecule has 1 rings (SSSR count). The molecule has 0 radical (unpaired) electrons.